The maximum Gasteiger partial charge on any atom is 0.309 e. The van der Waals surface area contributed by atoms with Crippen LogP contribution >= 0.6 is 11.3 Å². The Balaban J connectivity index is 1.49. The zero-order valence-electron chi connectivity index (χ0n) is 14.2. The molecule has 7 heteroatoms. The standard InChI is InChI=1S/C19H20N4O2S/c24-18(20-11-9-15-6-2-1-3-7-15)19(25)21-14-16(17-8-4-13-26-17)23-12-5-10-22-23/h1-8,10,12-13,16H,9,11,14H2,(H,20,24)(H,21,25). The van der Waals surface area contributed by atoms with Gasteiger partial charge in [-0.1, -0.05) is 36.4 Å². The highest BCUT2D eigenvalue weighted by atomic mass is 32.1. The van der Waals surface area contributed by atoms with Crippen molar-refractivity contribution in [2.45, 2.75) is 12.5 Å². The average Bonchev–Trinajstić information content (AvgIpc) is 3.37. The molecule has 0 aliphatic carbocycles. The van der Waals surface area contributed by atoms with E-state index in [0.29, 0.717) is 19.5 Å². The quantitative estimate of drug-likeness (QED) is 0.627. The maximum atomic E-state index is 12.1. The highest BCUT2D eigenvalue weighted by Crippen LogP contribution is 2.21. The summed E-state index contributed by atoms with van der Waals surface area (Å²) in [6.45, 7) is 0.719. The van der Waals surface area contributed by atoms with Crippen molar-refractivity contribution < 1.29 is 9.59 Å². The first-order valence-electron chi connectivity index (χ1n) is 8.36. The Kier molecular flexibility index (Phi) is 6.16. The highest BCUT2D eigenvalue weighted by molar-refractivity contribution is 7.10. The molecule has 0 fully saturated rings. The number of benzene rings is 1. The number of hydrogen-bond acceptors (Lipinski definition) is 4. The van der Waals surface area contributed by atoms with E-state index in [4.69, 9.17) is 0 Å². The molecule has 26 heavy (non-hydrogen) atoms. The van der Waals surface area contributed by atoms with Gasteiger partial charge in [-0.25, -0.2) is 0 Å². The molecule has 2 N–H and O–H groups in total. The van der Waals surface area contributed by atoms with Gasteiger partial charge in [-0.05, 0) is 29.5 Å². The van der Waals surface area contributed by atoms with Gasteiger partial charge < -0.3 is 10.6 Å². The first-order chi connectivity index (χ1) is 12.7. The number of aromatic nitrogens is 2. The molecule has 1 atom stereocenters. The number of thiophene rings is 1. The fraction of sp³-hybridized carbons (Fsp3) is 0.211. The minimum atomic E-state index is -0.633. The SMILES string of the molecule is O=C(NCCc1ccccc1)C(=O)NCC(c1cccs1)n1cccn1. The van der Waals surface area contributed by atoms with Gasteiger partial charge in [-0.2, -0.15) is 5.10 Å². The second-order valence-electron chi connectivity index (χ2n) is 5.72. The van der Waals surface area contributed by atoms with E-state index < -0.39 is 11.8 Å². The van der Waals surface area contributed by atoms with Crippen LogP contribution in [0.3, 0.4) is 0 Å². The van der Waals surface area contributed by atoms with Crippen molar-refractivity contribution in [1.29, 1.82) is 0 Å². The van der Waals surface area contributed by atoms with Crippen molar-refractivity contribution >= 4 is 23.2 Å². The minimum absolute atomic E-state index is 0.133. The fourth-order valence-corrected chi connectivity index (χ4v) is 3.41. The van der Waals surface area contributed by atoms with Crippen molar-refractivity contribution in [3.63, 3.8) is 0 Å². The molecule has 2 heterocycles. The summed E-state index contributed by atoms with van der Waals surface area (Å²) < 4.78 is 1.78. The molecule has 0 spiro atoms. The van der Waals surface area contributed by atoms with Crippen LogP contribution in [0.15, 0.2) is 66.3 Å². The Morgan fingerprint density at radius 1 is 1.04 bits per heavy atom. The molecule has 0 aliphatic heterocycles. The Hall–Kier alpha value is -2.93. The van der Waals surface area contributed by atoms with Crippen LogP contribution in [0.4, 0.5) is 0 Å². The number of nitrogens with zero attached hydrogens (tertiary/aromatic N) is 2. The first kappa shape index (κ1) is 17.9. The Labute approximate surface area is 155 Å². The lowest BCUT2D eigenvalue weighted by Crippen LogP contribution is -2.42. The summed E-state index contributed by atoms with van der Waals surface area (Å²) in [6, 6.07) is 15.5. The van der Waals surface area contributed by atoms with Gasteiger partial charge in [-0.3, -0.25) is 14.3 Å². The van der Waals surface area contributed by atoms with Crippen LogP contribution < -0.4 is 10.6 Å². The lowest BCUT2D eigenvalue weighted by Gasteiger charge is -2.17. The molecule has 0 aliphatic rings. The van der Waals surface area contributed by atoms with E-state index in [1.807, 2.05) is 60.1 Å². The summed E-state index contributed by atoms with van der Waals surface area (Å²) in [5, 5.41) is 11.6. The van der Waals surface area contributed by atoms with Crippen molar-refractivity contribution in [3.8, 4) is 0 Å². The molecule has 134 valence electrons. The molecule has 3 aromatic rings. The van der Waals surface area contributed by atoms with Gasteiger partial charge in [0, 0.05) is 30.4 Å². The second kappa shape index (κ2) is 8.96. The van der Waals surface area contributed by atoms with Gasteiger partial charge in [0.25, 0.3) is 0 Å². The summed E-state index contributed by atoms with van der Waals surface area (Å²) in [6.07, 6.45) is 4.22. The maximum absolute atomic E-state index is 12.1. The van der Waals surface area contributed by atoms with Crippen LogP contribution in [-0.4, -0.2) is 34.7 Å². The van der Waals surface area contributed by atoms with E-state index in [2.05, 4.69) is 15.7 Å². The zero-order chi connectivity index (χ0) is 18.2. The summed E-state index contributed by atoms with van der Waals surface area (Å²) >= 11 is 1.59. The van der Waals surface area contributed by atoms with Crippen molar-refractivity contribution in [1.82, 2.24) is 20.4 Å². The molecule has 0 radical (unpaired) electrons. The van der Waals surface area contributed by atoms with E-state index >= 15 is 0 Å². The summed E-state index contributed by atoms with van der Waals surface area (Å²) in [5.41, 5.74) is 1.12. The van der Waals surface area contributed by atoms with Crippen LogP contribution in [-0.2, 0) is 16.0 Å². The van der Waals surface area contributed by atoms with E-state index in [1.165, 1.54) is 0 Å². The second-order valence-corrected chi connectivity index (χ2v) is 6.70. The first-order valence-corrected chi connectivity index (χ1v) is 9.24. The molecular weight excluding hydrogens is 348 g/mol. The number of nitrogens with one attached hydrogen (secondary N) is 2. The smallest absolute Gasteiger partial charge is 0.309 e. The summed E-state index contributed by atoms with van der Waals surface area (Å²) in [4.78, 5) is 25.1. The fourth-order valence-electron chi connectivity index (χ4n) is 2.59. The third-order valence-electron chi connectivity index (χ3n) is 3.92. The largest absolute Gasteiger partial charge is 0.348 e. The lowest BCUT2D eigenvalue weighted by molar-refractivity contribution is -0.139. The summed E-state index contributed by atoms with van der Waals surface area (Å²) in [7, 11) is 0. The van der Waals surface area contributed by atoms with Crippen molar-refractivity contribution in [2.75, 3.05) is 13.1 Å². The van der Waals surface area contributed by atoms with Gasteiger partial charge in [0.15, 0.2) is 0 Å². The van der Waals surface area contributed by atoms with Gasteiger partial charge in [0.1, 0.15) is 6.04 Å². The molecule has 1 unspecified atom stereocenters. The minimum Gasteiger partial charge on any atom is -0.348 e. The summed E-state index contributed by atoms with van der Waals surface area (Å²) in [5.74, 6) is -1.25. The van der Waals surface area contributed by atoms with Gasteiger partial charge in [0.05, 0.1) is 0 Å². The van der Waals surface area contributed by atoms with E-state index in [-0.39, 0.29) is 6.04 Å². The van der Waals surface area contributed by atoms with Crippen LogP contribution in [0.2, 0.25) is 0 Å². The van der Waals surface area contributed by atoms with Crippen LogP contribution in [0.1, 0.15) is 16.5 Å². The number of hydrogen-bond donors (Lipinski definition) is 2. The predicted molar refractivity (Wildman–Crippen MR) is 101 cm³/mol. The topological polar surface area (TPSA) is 76.0 Å². The van der Waals surface area contributed by atoms with Crippen molar-refractivity contribution in [2.24, 2.45) is 0 Å². The highest BCUT2D eigenvalue weighted by Gasteiger charge is 2.19. The van der Waals surface area contributed by atoms with Crippen molar-refractivity contribution in [3.05, 3.63) is 76.7 Å². The molecule has 2 aromatic heterocycles. The molecular formula is C19H20N4O2S. The lowest BCUT2D eigenvalue weighted by atomic mass is 10.1. The molecule has 6 nitrogen and oxygen atoms in total. The number of amides is 2. The normalized spacial score (nSPS) is 11.7. The monoisotopic (exact) mass is 368 g/mol. The van der Waals surface area contributed by atoms with E-state index in [9.17, 15) is 9.59 Å². The number of carbonyl (C=O) groups excluding carboxylic acids is 2. The molecule has 0 saturated carbocycles. The Bertz CT molecular complexity index is 782. The average molecular weight is 368 g/mol. The third kappa shape index (κ3) is 4.80. The van der Waals surface area contributed by atoms with Crippen LogP contribution in [0.25, 0.3) is 0 Å². The number of rotatable bonds is 7. The number of carbonyl (C=O) groups is 2. The predicted octanol–water partition coefficient (Wildman–Crippen LogP) is 2.01. The van der Waals surface area contributed by atoms with Gasteiger partial charge >= 0.3 is 11.8 Å². The molecule has 1 aromatic carbocycles. The molecule has 0 bridgehead atoms. The molecule has 3 rings (SSSR count). The zero-order valence-corrected chi connectivity index (χ0v) is 15.0. The molecule has 2 amide bonds. The Morgan fingerprint density at radius 2 is 1.85 bits per heavy atom. The van der Waals surface area contributed by atoms with Crippen LogP contribution in [0, 0.1) is 0 Å². The van der Waals surface area contributed by atoms with Gasteiger partial charge in [-0.15, -0.1) is 11.3 Å². The van der Waals surface area contributed by atoms with Gasteiger partial charge in [0.2, 0.25) is 0 Å². The van der Waals surface area contributed by atoms with Crippen LogP contribution in [0.5, 0.6) is 0 Å². The molecule has 0 saturated heterocycles. The van der Waals surface area contributed by atoms with E-state index in [0.717, 1.165) is 10.4 Å². The Morgan fingerprint density at radius 3 is 2.54 bits per heavy atom. The third-order valence-corrected chi connectivity index (χ3v) is 4.89. The van der Waals surface area contributed by atoms with E-state index in [1.54, 1.807) is 22.2 Å².